The lowest BCUT2D eigenvalue weighted by Crippen LogP contribution is -2.42. The lowest BCUT2D eigenvalue weighted by molar-refractivity contribution is 0.0257. The number of piperidine rings is 1. The van der Waals surface area contributed by atoms with Crippen LogP contribution in [-0.4, -0.2) is 42.7 Å². The van der Waals surface area contributed by atoms with Gasteiger partial charge >= 0.3 is 0 Å². The molecule has 0 unspecified atom stereocenters. The molecular formula is C9H17F2NO. The Labute approximate surface area is 77.5 Å². The van der Waals surface area contributed by atoms with Crippen molar-refractivity contribution in [3.8, 4) is 0 Å². The van der Waals surface area contributed by atoms with Gasteiger partial charge in [0.1, 0.15) is 0 Å². The highest BCUT2D eigenvalue weighted by Gasteiger charge is 2.29. The maximum Gasteiger partial charge on any atom is 0.251 e. The standard InChI is InChI=1S/C9H17F2NO/c1-9(7-13)2-4-12(5-3-9)6-8(10)11/h8,13H,2-7H2,1H3. The number of aliphatic hydroxyl groups excluding tert-OH is 1. The smallest absolute Gasteiger partial charge is 0.251 e. The van der Waals surface area contributed by atoms with Crippen LogP contribution in [0.2, 0.25) is 0 Å². The predicted molar refractivity (Wildman–Crippen MR) is 46.9 cm³/mol. The van der Waals surface area contributed by atoms with E-state index in [1.807, 2.05) is 6.92 Å². The molecule has 0 aromatic carbocycles. The average molecular weight is 193 g/mol. The first-order valence-electron chi connectivity index (χ1n) is 4.67. The third-order valence-corrected chi connectivity index (χ3v) is 2.84. The summed E-state index contributed by atoms with van der Waals surface area (Å²) in [4.78, 5) is 1.77. The Morgan fingerprint density at radius 2 is 1.92 bits per heavy atom. The fourth-order valence-electron chi connectivity index (χ4n) is 1.63. The lowest BCUT2D eigenvalue weighted by Gasteiger charge is -2.37. The number of rotatable bonds is 3. The van der Waals surface area contributed by atoms with E-state index >= 15 is 0 Å². The SMILES string of the molecule is CC1(CO)CCN(CC(F)F)CC1. The van der Waals surface area contributed by atoms with Crippen LogP contribution in [0.15, 0.2) is 0 Å². The normalized spacial score (nSPS) is 23.8. The third kappa shape index (κ3) is 3.19. The van der Waals surface area contributed by atoms with Gasteiger partial charge in [-0.3, -0.25) is 4.90 Å². The van der Waals surface area contributed by atoms with Gasteiger partial charge in [0.15, 0.2) is 0 Å². The predicted octanol–water partition coefficient (Wildman–Crippen LogP) is 1.35. The van der Waals surface area contributed by atoms with Crippen molar-refractivity contribution >= 4 is 0 Å². The Bertz CT molecular complexity index is 156. The van der Waals surface area contributed by atoms with Crippen LogP contribution in [0.5, 0.6) is 0 Å². The first-order valence-corrected chi connectivity index (χ1v) is 4.67. The molecule has 0 aromatic heterocycles. The second kappa shape index (κ2) is 4.33. The van der Waals surface area contributed by atoms with E-state index in [2.05, 4.69) is 0 Å². The number of aliphatic hydroxyl groups is 1. The van der Waals surface area contributed by atoms with E-state index in [0.717, 1.165) is 12.8 Å². The topological polar surface area (TPSA) is 23.5 Å². The van der Waals surface area contributed by atoms with Crippen LogP contribution < -0.4 is 0 Å². The summed E-state index contributed by atoms with van der Waals surface area (Å²) in [5, 5.41) is 9.05. The Morgan fingerprint density at radius 1 is 1.38 bits per heavy atom. The molecule has 2 nitrogen and oxygen atoms in total. The van der Waals surface area contributed by atoms with Crippen LogP contribution in [0.25, 0.3) is 0 Å². The number of halogens is 2. The first kappa shape index (κ1) is 10.9. The molecule has 4 heteroatoms. The minimum absolute atomic E-state index is 0.0430. The van der Waals surface area contributed by atoms with E-state index in [1.54, 1.807) is 4.90 Å². The van der Waals surface area contributed by atoms with Gasteiger partial charge in [0.2, 0.25) is 0 Å². The minimum atomic E-state index is -2.24. The van der Waals surface area contributed by atoms with Crippen molar-refractivity contribution in [1.29, 1.82) is 0 Å². The summed E-state index contributed by atoms with van der Waals surface area (Å²) < 4.78 is 24.0. The molecule has 0 aromatic rings. The van der Waals surface area contributed by atoms with Gasteiger partial charge in [-0.05, 0) is 31.3 Å². The van der Waals surface area contributed by atoms with Crippen LogP contribution in [0.4, 0.5) is 8.78 Å². The van der Waals surface area contributed by atoms with Crippen molar-refractivity contribution in [2.75, 3.05) is 26.2 Å². The highest BCUT2D eigenvalue weighted by atomic mass is 19.3. The summed E-state index contributed by atoms with van der Waals surface area (Å²) in [5.41, 5.74) is -0.0430. The fraction of sp³-hybridized carbons (Fsp3) is 1.00. The molecule has 1 fully saturated rings. The number of likely N-dealkylation sites (tertiary alicyclic amines) is 1. The molecule has 0 atom stereocenters. The molecule has 13 heavy (non-hydrogen) atoms. The van der Waals surface area contributed by atoms with Gasteiger partial charge in [0.25, 0.3) is 6.43 Å². The van der Waals surface area contributed by atoms with Gasteiger partial charge in [-0.25, -0.2) is 8.78 Å². The van der Waals surface area contributed by atoms with Crippen molar-refractivity contribution in [2.45, 2.75) is 26.2 Å². The van der Waals surface area contributed by atoms with Gasteiger partial charge in [-0.2, -0.15) is 0 Å². The van der Waals surface area contributed by atoms with Crippen LogP contribution in [0, 0.1) is 5.41 Å². The summed E-state index contributed by atoms with van der Waals surface area (Å²) in [5.74, 6) is 0. The maximum atomic E-state index is 12.0. The number of alkyl halides is 2. The lowest BCUT2D eigenvalue weighted by atomic mass is 9.81. The van der Waals surface area contributed by atoms with Gasteiger partial charge in [-0.15, -0.1) is 0 Å². The molecule has 78 valence electrons. The summed E-state index contributed by atoms with van der Waals surface area (Å²) in [6.45, 7) is 3.41. The second-order valence-corrected chi connectivity index (χ2v) is 4.16. The van der Waals surface area contributed by atoms with E-state index in [1.165, 1.54) is 0 Å². The van der Waals surface area contributed by atoms with E-state index < -0.39 is 6.43 Å². The Balaban J connectivity index is 2.30. The van der Waals surface area contributed by atoms with Gasteiger partial charge in [-0.1, -0.05) is 6.92 Å². The number of hydrogen-bond donors (Lipinski definition) is 1. The van der Waals surface area contributed by atoms with Crippen molar-refractivity contribution in [2.24, 2.45) is 5.41 Å². The van der Waals surface area contributed by atoms with Crippen LogP contribution in [0.1, 0.15) is 19.8 Å². The maximum absolute atomic E-state index is 12.0. The highest BCUT2D eigenvalue weighted by Crippen LogP contribution is 2.29. The molecule has 1 heterocycles. The molecule has 0 amide bonds. The fourth-order valence-corrected chi connectivity index (χ4v) is 1.63. The summed E-state index contributed by atoms with van der Waals surface area (Å²) >= 11 is 0. The monoisotopic (exact) mass is 193 g/mol. The third-order valence-electron chi connectivity index (χ3n) is 2.84. The van der Waals surface area contributed by atoms with Crippen LogP contribution in [-0.2, 0) is 0 Å². The Morgan fingerprint density at radius 3 is 2.31 bits per heavy atom. The van der Waals surface area contributed by atoms with Crippen molar-refractivity contribution in [3.63, 3.8) is 0 Å². The van der Waals surface area contributed by atoms with E-state index in [0.29, 0.717) is 13.1 Å². The zero-order valence-corrected chi connectivity index (χ0v) is 7.97. The molecule has 0 spiro atoms. The number of nitrogens with zero attached hydrogens (tertiary/aromatic N) is 1. The minimum Gasteiger partial charge on any atom is -0.396 e. The van der Waals surface area contributed by atoms with Crippen LogP contribution >= 0.6 is 0 Å². The van der Waals surface area contributed by atoms with Crippen LogP contribution in [0.3, 0.4) is 0 Å². The van der Waals surface area contributed by atoms with E-state index in [9.17, 15) is 8.78 Å². The summed E-state index contributed by atoms with van der Waals surface area (Å²) in [7, 11) is 0. The molecule has 0 saturated carbocycles. The molecule has 1 aliphatic heterocycles. The molecule has 1 N–H and O–H groups in total. The molecular weight excluding hydrogens is 176 g/mol. The van der Waals surface area contributed by atoms with E-state index in [4.69, 9.17) is 5.11 Å². The Hall–Kier alpha value is -0.220. The second-order valence-electron chi connectivity index (χ2n) is 4.16. The summed E-state index contributed by atoms with van der Waals surface area (Å²) in [6.07, 6.45) is -0.606. The Kier molecular flexibility index (Phi) is 3.62. The quantitative estimate of drug-likeness (QED) is 0.731. The van der Waals surface area contributed by atoms with Crippen molar-refractivity contribution < 1.29 is 13.9 Å². The van der Waals surface area contributed by atoms with Crippen molar-refractivity contribution in [1.82, 2.24) is 4.90 Å². The van der Waals surface area contributed by atoms with Gasteiger partial charge < -0.3 is 5.11 Å². The zero-order chi connectivity index (χ0) is 9.90. The molecule has 0 radical (unpaired) electrons. The summed E-state index contributed by atoms with van der Waals surface area (Å²) in [6, 6.07) is 0. The molecule has 0 aliphatic carbocycles. The average Bonchev–Trinajstić information content (AvgIpc) is 2.09. The van der Waals surface area contributed by atoms with Gasteiger partial charge in [0, 0.05) is 6.61 Å². The zero-order valence-electron chi connectivity index (χ0n) is 7.97. The molecule has 1 rings (SSSR count). The van der Waals surface area contributed by atoms with E-state index in [-0.39, 0.29) is 18.6 Å². The molecule has 1 aliphatic rings. The molecule has 1 saturated heterocycles. The number of hydrogen-bond acceptors (Lipinski definition) is 2. The largest absolute Gasteiger partial charge is 0.396 e. The van der Waals surface area contributed by atoms with Crippen molar-refractivity contribution in [3.05, 3.63) is 0 Å². The van der Waals surface area contributed by atoms with Gasteiger partial charge in [0.05, 0.1) is 6.54 Å². The molecule has 0 bridgehead atoms. The highest BCUT2D eigenvalue weighted by molar-refractivity contribution is 4.81. The first-order chi connectivity index (χ1) is 6.06.